The third-order valence-corrected chi connectivity index (χ3v) is 6.79. The molecule has 2 aromatic rings. The number of amides is 1. The van der Waals surface area contributed by atoms with Crippen LogP contribution < -0.4 is 14.8 Å². The number of methoxy groups -OCH3 is 2. The molecular weight excluding hydrogens is 468 g/mol. The number of carbonyl (C=O) groups is 2. The van der Waals surface area contributed by atoms with Gasteiger partial charge in [0.1, 0.15) is 5.75 Å². The van der Waals surface area contributed by atoms with Gasteiger partial charge in [0.2, 0.25) is 0 Å². The highest BCUT2D eigenvalue weighted by molar-refractivity contribution is 8.05. The normalized spacial score (nSPS) is 20.7. The average molecular weight is 497 g/mol. The minimum absolute atomic E-state index is 0.0486. The second-order valence-electron chi connectivity index (χ2n) is 8.44. The third kappa shape index (κ3) is 4.81. The molecule has 4 rings (SSSR count). The lowest BCUT2D eigenvalue weighted by molar-refractivity contribution is -0.138. The number of rotatable bonds is 6. The molecule has 1 amide bonds. The first-order chi connectivity index (χ1) is 16.7. The van der Waals surface area contributed by atoms with E-state index in [1.54, 1.807) is 55.3 Å². The third-order valence-electron chi connectivity index (χ3n) is 5.67. The van der Waals surface area contributed by atoms with Gasteiger partial charge in [0.25, 0.3) is 5.91 Å². The number of esters is 1. The Kier molecular flexibility index (Phi) is 6.98. The molecule has 1 fully saturated rings. The van der Waals surface area contributed by atoms with Crippen LogP contribution in [0, 0.1) is 0 Å². The first-order valence-electron chi connectivity index (χ1n) is 11.1. The summed E-state index contributed by atoms with van der Waals surface area (Å²) in [6, 6.07) is 11.4. The van der Waals surface area contributed by atoms with Crippen LogP contribution in [0.15, 0.2) is 58.6 Å². The van der Waals surface area contributed by atoms with Crippen molar-refractivity contribution in [1.29, 1.82) is 0 Å². The smallest absolute Gasteiger partial charge is 0.337 e. The predicted octanol–water partition coefficient (Wildman–Crippen LogP) is 4.18. The number of hydrogen-bond acceptors (Lipinski definition) is 8. The lowest BCUT2D eigenvalue weighted by Crippen LogP contribution is -2.49. The topological polar surface area (TPSA) is 97.3 Å². The van der Waals surface area contributed by atoms with Crippen LogP contribution in [-0.4, -0.2) is 47.7 Å². The molecule has 0 spiro atoms. The molecule has 35 heavy (non-hydrogen) atoms. The van der Waals surface area contributed by atoms with Gasteiger partial charge in [-0.15, -0.1) is 0 Å². The maximum absolute atomic E-state index is 13.6. The van der Waals surface area contributed by atoms with E-state index in [2.05, 4.69) is 5.32 Å². The van der Waals surface area contributed by atoms with Gasteiger partial charge in [-0.2, -0.15) is 0 Å². The number of fused-ring (bicyclic) bond motifs is 1. The molecule has 0 aromatic heterocycles. The summed E-state index contributed by atoms with van der Waals surface area (Å²) in [6.45, 7) is 5.64. The highest BCUT2D eigenvalue weighted by Crippen LogP contribution is 2.47. The fourth-order valence-corrected chi connectivity index (χ4v) is 5.41. The second kappa shape index (κ2) is 9.95. The Morgan fingerprint density at radius 3 is 2.60 bits per heavy atom. The summed E-state index contributed by atoms with van der Waals surface area (Å²) in [5.41, 5.74) is 1.94. The van der Waals surface area contributed by atoms with Crippen LogP contribution in [0.4, 0.5) is 0 Å². The van der Waals surface area contributed by atoms with Crippen molar-refractivity contribution in [3.63, 3.8) is 0 Å². The van der Waals surface area contributed by atoms with Crippen molar-refractivity contribution in [2.75, 3.05) is 14.2 Å². The van der Waals surface area contributed by atoms with Gasteiger partial charge in [-0.1, -0.05) is 30.0 Å². The summed E-state index contributed by atoms with van der Waals surface area (Å²) < 4.78 is 16.5. The van der Waals surface area contributed by atoms with Crippen LogP contribution in [0.3, 0.4) is 0 Å². The number of nitrogens with one attached hydrogen (secondary N) is 1. The summed E-state index contributed by atoms with van der Waals surface area (Å²) in [7, 11) is 2.87. The van der Waals surface area contributed by atoms with Crippen molar-refractivity contribution in [2.24, 2.45) is 0 Å². The van der Waals surface area contributed by atoms with Crippen molar-refractivity contribution < 1.29 is 28.9 Å². The van der Waals surface area contributed by atoms with Crippen LogP contribution >= 0.6 is 11.8 Å². The number of aromatic hydroxyl groups is 1. The van der Waals surface area contributed by atoms with Crippen molar-refractivity contribution in [3.05, 3.63) is 69.8 Å². The molecular formula is C26H28N2O6S. The summed E-state index contributed by atoms with van der Waals surface area (Å²) >= 11 is 1.35. The molecule has 2 aliphatic rings. The van der Waals surface area contributed by atoms with Gasteiger partial charge in [-0.25, -0.2) is 4.79 Å². The molecule has 0 radical (unpaired) electrons. The quantitative estimate of drug-likeness (QED) is 0.454. The van der Waals surface area contributed by atoms with E-state index in [4.69, 9.17) is 14.2 Å². The lowest BCUT2D eigenvalue weighted by atomic mass is 9.93. The van der Waals surface area contributed by atoms with Crippen LogP contribution in [0.5, 0.6) is 17.2 Å². The number of allylic oxidation sites excluding steroid dienone is 1. The number of thioether (sulfide) groups is 1. The molecule has 184 valence electrons. The molecule has 0 aliphatic carbocycles. The Labute approximate surface area is 208 Å². The zero-order valence-corrected chi connectivity index (χ0v) is 21.0. The van der Waals surface area contributed by atoms with E-state index in [0.717, 1.165) is 0 Å². The van der Waals surface area contributed by atoms with Crippen LogP contribution in [0.1, 0.15) is 37.9 Å². The van der Waals surface area contributed by atoms with E-state index >= 15 is 0 Å². The van der Waals surface area contributed by atoms with Gasteiger partial charge >= 0.3 is 5.97 Å². The lowest BCUT2D eigenvalue weighted by Gasteiger charge is -2.39. The van der Waals surface area contributed by atoms with Crippen molar-refractivity contribution in [1.82, 2.24) is 10.2 Å². The van der Waals surface area contributed by atoms with Gasteiger partial charge in [0.15, 0.2) is 17.0 Å². The van der Waals surface area contributed by atoms with Gasteiger partial charge in [0.05, 0.1) is 36.8 Å². The number of ether oxygens (including phenoxy) is 3. The van der Waals surface area contributed by atoms with Crippen LogP contribution in [-0.2, 0) is 14.3 Å². The van der Waals surface area contributed by atoms with E-state index in [-0.39, 0.29) is 17.8 Å². The highest BCUT2D eigenvalue weighted by Gasteiger charge is 2.48. The standard InChI is InChI=1S/C26H28N2O6S/c1-14(2)34-19-10-9-17(13-20(19)32-4)23-22(25(31)33-5)15(3)27-26-28(23)24(30)21(35-26)12-16-7-6-8-18(29)11-16/h6-14,23,26-27,29H,1-5H3/b21-12-/t23-,26+/m0/s1. The van der Waals surface area contributed by atoms with E-state index in [1.807, 2.05) is 26.0 Å². The first kappa shape index (κ1) is 24.5. The fraction of sp³-hybridized carbons (Fsp3) is 0.308. The predicted molar refractivity (Wildman–Crippen MR) is 134 cm³/mol. The SMILES string of the molecule is COC(=O)C1=C(C)N[C@H]2S/C(=C\c3cccc(O)c3)C(=O)N2[C@H]1c1ccc(OC(C)C)c(OC)c1. The van der Waals surface area contributed by atoms with Crippen molar-refractivity contribution in [2.45, 2.75) is 38.4 Å². The molecule has 2 N–H and O–H groups in total. The minimum atomic E-state index is -0.703. The number of carbonyl (C=O) groups excluding carboxylic acids is 2. The molecule has 8 nitrogen and oxygen atoms in total. The number of phenols is 1. The second-order valence-corrected chi connectivity index (χ2v) is 9.56. The van der Waals surface area contributed by atoms with Crippen LogP contribution in [0.2, 0.25) is 0 Å². The van der Waals surface area contributed by atoms with Gasteiger partial charge in [0, 0.05) is 5.70 Å². The summed E-state index contributed by atoms with van der Waals surface area (Å²) in [4.78, 5) is 28.6. The molecule has 9 heteroatoms. The van der Waals surface area contributed by atoms with E-state index in [9.17, 15) is 14.7 Å². The zero-order chi connectivity index (χ0) is 25.3. The molecule has 0 bridgehead atoms. The Morgan fingerprint density at radius 1 is 1.17 bits per heavy atom. The van der Waals surface area contributed by atoms with Gasteiger partial charge in [-0.05, 0) is 62.2 Å². The number of phenolic OH excluding ortho intramolecular Hbond substituents is 1. The Morgan fingerprint density at radius 2 is 1.94 bits per heavy atom. The monoisotopic (exact) mass is 496 g/mol. The Hall–Kier alpha value is -3.59. The van der Waals surface area contributed by atoms with Crippen molar-refractivity contribution >= 4 is 29.7 Å². The average Bonchev–Trinajstić information content (AvgIpc) is 3.12. The fourth-order valence-electron chi connectivity index (χ4n) is 4.19. The van der Waals surface area contributed by atoms with E-state index < -0.39 is 17.5 Å². The summed E-state index contributed by atoms with van der Waals surface area (Å²) in [5.74, 6) is 0.427. The number of nitrogens with zero attached hydrogens (tertiary/aromatic N) is 1. The Bertz CT molecular complexity index is 1220. The molecule has 2 aromatic carbocycles. The maximum atomic E-state index is 13.6. The van der Waals surface area contributed by atoms with Gasteiger partial charge in [-0.3, -0.25) is 9.69 Å². The summed E-state index contributed by atoms with van der Waals surface area (Å²) in [6.07, 6.45) is 1.68. The molecule has 0 unspecified atom stereocenters. The van der Waals surface area contributed by atoms with Crippen LogP contribution in [0.25, 0.3) is 6.08 Å². The molecule has 0 saturated carbocycles. The largest absolute Gasteiger partial charge is 0.508 e. The maximum Gasteiger partial charge on any atom is 0.337 e. The first-order valence-corrected chi connectivity index (χ1v) is 12.0. The zero-order valence-electron chi connectivity index (χ0n) is 20.2. The summed E-state index contributed by atoms with van der Waals surface area (Å²) in [5, 5.41) is 13.1. The molecule has 2 aliphatic heterocycles. The van der Waals surface area contributed by atoms with Gasteiger partial charge < -0.3 is 24.6 Å². The molecule has 2 atom stereocenters. The number of hydrogen-bond donors (Lipinski definition) is 2. The van der Waals surface area contributed by atoms with E-state index in [1.165, 1.54) is 18.9 Å². The minimum Gasteiger partial charge on any atom is -0.508 e. The number of benzene rings is 2. The van der Waals surface area contributed by atoms with E-state index in [0.29, 0.717) is 38.8 Å². The van der Waals surface area contributed by atoms with Crippen molar-refractivity contribution in [3.8, 4) is 17.2 Å². The molecule has 2 heterocycles. The molecule has 1 saturated heterocycles. The highest BCUT2D eigenvalue weighted by atomic mass is 32.2. The Balaban J connectivity index is 1.80.